The van der Waals surface area contributed by atoms with Gasteiger partial charge in [0.15, 0.2) is 5.11 Å². The summed E-state index contributed by atoms with van der Waals surface area (Å²) in [6.07, 6.45) is 5.51. The lowest BCUT2D eigenvalue weighted by atomic mass is 10.2. The van der Waals surface area contributed by atoms with Gasteiger partial charge in [-0.2, -0.15) is 0 Å². The standard InChI is InChI=1S/C31H34N4O3S/c1-2-3-22-38-28-11-7-10-25(23-28)30(37)33-31(39)32-26-13-15-27(16-14-26)34-18-20-35(21-19-34)29(36)17-12-24-8-5-4-6-9-24/h4-17,23H,2-3,18-22H2,1H3,(H2,32,33,37,39)/b17-12+. The number of ether oxygens (including phenoxy) is 1. The van der Waals surface area contributed by atoms with E-state index < -0.39 is 0 Å². The summed E-state index contributed by atoms with van der Waals surface area (Å²) >= 11 is 5.35. The van der Waals surface area contributed by atoms with E-state index in [0.29, 0.717) is 31.0 Å². The number of unbranched alkanes of at least 4 members (excludes halogenated alkanes) is 1. The van der Waals surface area contributed by atoms with Gasteiger partial charge in [-0.25, -0.2) is 0 Å². The van der Waals surface area contributed by atoms with Crippen LogP contribution >= 0.6 is 12.2 Å². The van der Waals surface area contributed by atoms with Crippen LogP contribution in [0, 0.1) is 0 Å². The SMILES string of the molecule is CCCCOc1cccc(C(=O)NC(=S)Nc2ccc(N3CCN(C(=O)/C=C/c4ccccc4)CC3)cc2)c1. The maximum Gasteiger partial charge on any atom is 0.257 e. The molecule has 1 saturated heterocycles. The van der Waals surface area contributed by atoms with Crippen molar-refractivity contribution in [3.8, 4) is 5.75 Å². The molecule has 3 aromatic carbocycles. The predicted molar refractivity (Wildman–Crippen MR) is 161 cm³/mol. The fourth-order valence-corrected chi connectivity index (χ4v) is 4.39. The lowest BCUT2D eigenvalue weighted by Crippen LogP contribution is -2.48. The topological polar surface area (TPSA) is 73.9 Å². The molecule has 202 valence electrons. The van der Waals surface area contributed by atoms with Gasteiger partial charge in [-0.3, -0.25) is 14.9 Å². The van der Waals surface area contributed by atoms with Gasteiger partial charge in [0.1, 0.15) is 5.75 Å². The first-order valence-corrected chi connectivity index (χ1v) is 13.6. The number of hydrogen-bond donors (Lipinski definition) is 2. The van der Waals surface area contributed by atoms with Gasteiger partial charge in [0.2, 0.25) is 5.91 Å². The van der Waals surface area contributed by atoms with E-state index in [9.17, 15) is 9.59 Å². The van der Waals surface area contributed by atoms with Crippen LogP contribution in [0.4, 0.5) is 11.4 Å². The summed E-state index contributed by atoms with van der Waals surface area (Å²) in [5.74, 6) is 0.403. The van der Waals surface area contributed by atoms with E-state index in [1.807, 2.05) is 71.6 Å². The molecule has 1 aliphatic heterocycles. The van der Waals surface area contributed by atoms with Crippen LogP contribution in [-0.4, -0.2) is 54.6 Å². The average Bonchev–Trinajstić information content (AvgIpc) is 2.97. The highest BCUT2D eigenvalue weighted by Crippen LogP contribution is 2.20. The molecular formula is C31H34N4O3S. The van der Waals surface area contributed by atoms with Crippen molar-refractivity contribution in [2.75, 3.05) is 43.0 Å². The Morgan fingerprint density at radius 1 is 0.949 bits per heavy atom. The third kappa shape index (κ3) is 8.41. The number of anilines is 2. The summed E-state index contributed by atoms with van der Waals surface area (Å²) in [6.45, 7) is 5.57. The Balaban J connectivity index is 1.23. The normalized spacial score (nSPS) is 13.3. The summed E-state index contributed by atoms with van der Waals surface area (Å²) in [5, 5.41) is 6.02. The van der Waals surface area contributed by atoms with Gasteiger partial charge < -0.3 is 19.9 Å². The quantitative estimate of drug-likeness (QED) is 0.216. The Kier molecular flexibility index (Phi) is 10.1. The minimum atomic E-state index is -0.295. The zero-order chi connectivity index (χ0) is 27.5. The van der Waals surface area contributed by atoms with Gasteiger partial charge in [0.25, 0.3) is 5.91 Å². The van der Waals surface area contributed by atoms with Gasteiger partial charge >= 0.3 is 0 Å². The van der Waals surface area contributed by atoms with E-state index in [-0.39, 0.29) is 16.9 Å². The molecule has 1 fully saturated rings. The van der Waals surface area contributed by atoms with Crippen LogP contribution < -0.4 is 20.3 Å². The van der Waals surface area contributed by atoms with Crippen LogP contribution in [0.3, 0.4) is 0 Å². The maximum absolute atomic E-state index is 12.6. The van der Waals surface area contributed by atoms with Crippen molar-refractivity contribution < 1.29 is 14.3 Å². The molecule has 8 heteroatoms. The van der Waals surface area contributed by atoms with Crippen molar-refractivity contribution >= 4 is 46.6 Å². The molecule has 0 bridgehead atoms. The van der Waals surface area contributed by atoms with Crippen LogP contribution in [-0.2, 0) is 4.79 Å². The number of carbonyl (C=O) groups excluding carboxylic acids is 2. The Morgan fingerprint density at radius 2 is 1.69 bits per heavy atom. The van der Waals surface area contributed by atoms with Crippen molar-refractivity contribution in [3.63, 3.8) is 0 Å². The lowest BCUT2D eigenvalue weighted by Gasteiger charge is -2.35. The van der Waals surface area contributed by atoms with E-state index in [1.54, 1.807) is 24.3 Å². The van der Waals surface area contributed by atoms with Crippen molar-refractivity contribution in [2.24, 2.45) is 0 Å². The zero-order valence-corrected chi connectivity index (χ0v) is 23.0. The van der Waals surface area contributed by atoms with Gasteiger partial charge in [-0.15, -0.1) is 0 Å². The molecule has 1 heterocycles. The number of hydrogen-bond acceptors (Lipinski definition) is 5. The van der Waals surface area contributed by atoms with Crippen LogP contribution in [0.1, 0.15) is 35.7 Å². The molecule has 3 aromatic rings. The van der Waals surface area contributed by atoms with Crippen molar-refractivity contribution in [2.45, 2.75) is 19.8 Å². The monoisotopic (exact) mass is 542 g/mol. The smallest absolute Gasteiger partial charge is 0.257 e. The molecule has 2 amide bonds. The molecule has 0 atom stereocenters. The zero-order valence-electron chi connectivity index (χ0n) is 22.1. The Labute approximate surface area is 235 Å². The molecule has 0 radical (unpaired) electrons. The molecule has 1 aliphatic rings. The van der Waals surface area contributed by atoms with Crippen molar-refractivity contribution in [1.29, 1.82) is 0 Å². The molecular weight excluding hydrogens is 508 g/mol. The van der Waals surface area contributed by atoms with Gasteiger partial charge in [0.05, 0.1) is 6.61 Å². The second-order valence-electron chi connectivity index (χ2n) is 9.24. The first kappa shape index (κ1) is 27.9. The number of thiocarbonyl (C=S) groups is 1. The summed E-state index contributed by atoms with van der Waals surface area (Å²) in [7, 11) is 0. The molecule has 4 rings (SSSR count). The van der Waals surface area contributed by atoms with Gasteiger partial charge in [-0.1, -0.05) is 49.7 Å². The van der Waals surface area contributed by atoms with Gasteiger partial charge in [0, 0.05) is 49.2 Å². The van der Waals surface area contributed by atoms with Crippen LogP contribution in [0.2, 0.25) is 0 Å². The number of rotatable bonds is 9. The third-order valence-electron chi connectivity index (χ3n) is 6.39. The van der Waals surface area contributed by atoms with E-state index in [2.05, 4.69) is 22.5 Å². The van der Waals surface area contributed by atoms with Gasteiger partial charge in [-0.05, 0) is 72.7 Å². The minimum absolute atomic E-state index is 0.0318. The van der Waals surface area contributed by atoms with Crippen LogP contribution in [0.5, 0.6) is 5.75 Å². The van der Waals surface area contributed by atoms with E-state index >= 15 is 0 Å². The number of nitrogens with one attached hydrogen (secondary N) is 2. The van der Waals surface area contributed by atoms with Crippen molar-refractivity contribution in [3.05, 3.63) is 96.1 Å². The van der Waals surface area contributed by atoms with E-state index in [0.717, 1.165) is 42.9 Å². The number of piperazine rings is 1. The van der Waals surface area contributed by atoms with E-state index in [1.165, 1.54) is 0 Å². The first-order valence-electron chi connectivity index (χ1n) is 13.2. The molecule has 7 nitrogen and oxygen atoms in total. The number of nitrogens with zero attached hydrogens (tertiary/aromatic N) is 2. The highest BCUT2D eigenvalue weighted by atomic mass is 32.1. The summed E-state index contributed by atoms with van der Waals surface area (Å²) in [4.78, 5) is 29.3. The highest BCUT2D eigenvalue weighted by molar-refractivity contribution is 7.80. The predicted octanol–water partition coefficient (Wildman–Crippen LogP) is 5.35. The fraction of sp³-hybridized carbons (Fsp3) is 0.258. The second kappa shape index (κ2) is 14.1. The maximum atomic E-state index is 12.6. The Morgan fingerprint density at radius 3 is 2.41 bits per heavy atom. The molecule has 39 heavy (non-hydrogen) atoms. The minimum Gasteiger partial charge on any atom is -0.494 e. The summed E-state index contributed by atoms with van der Waals surface area (Å²) in [5.41, 5.74) is 3.35. The molecule has 0 aromatic heterocycles. The first-order chi connectivity index (χ1) is 19.0. The number of benzene rings is 3. The highest BCUT2D eigenvalue weighted by Gasteiger charge is 2.20. The molecule has 0 unspecified atom stereocenters. The molecule has 0 aliphatic carbocycles. The Bertz CT molecular complexity index is 1290. The van der Waals surface area contributed by atoms with Crippen molar-refractivity contribution in [1.82, 2.24) is 10.2 Å². The number of amides is 2. The summed E-state index contributed by atoms with van der Waals surface area (Å²) in [6, 6.07) is 24.8. The molecule has 0 spiro atoms. The molecule has 2 N–H and O–H groups in total. The largest absolute Gasteiger partial charge is 0.494 e. The van der Waals surface area contributed by atoms with Crippen LogP contribution in [0.15, 0.2) is 84.9 Å². The summed E-state index contributed by atoms with van der Waals surface area (Å²) < 4.78 is 5.69. The van der Waals surface area contributed by atoms with Crippen LogP contribution in [0.25, 0.3) is 6.08 Å². The molecule has 0 saturated carbocycles. The lowest BCUT2D eigenvalue weighted by molar-refractivity contribution is -0.126. The average molecular weight is 543 g/mol. The fourth-order valence-electron chi connectivity index (χ4n) is 4.18. The van der Waals surface area contributed by atoms with E-state index in [4.69, 9.17) is 17.0 Å². The second-order valence-corrected chi connectivity index (χ2v) is 9.65. The third-order valence-corrected chi connectivity index (χ3v) is 6.59. The number of carbonyl (C=O) groups is 2. The Hall–Kier alpha value is -4.17.